The Bertz CT molecular complexity index is 1200. The van der Waals surface area contributed by atoms with E-state index < -0.39 is 30.2 Å². The van der Waals surface area contributed by atoms with Gasteiger partial charge in [0.1, 0.15) is 11.3 Å². The number of fused-ring (bicyclic) bond motifs is 1. The molecule has 31 heavy (non-hydrogen) atoms. The minimum Gasteiger partial charge on any atom is -0.548 e. The Hall–Kier alpha value is -3.32. The predicted molar refractivity (Wildman–Crippen MR) is 114 cm³/mol. The summed E-state index contributed by atoms with van der Waals surface area (Å²) in [6, 6.07) is 8.85. The van der Waals surface area contributed by atoms with Crippen LogP contribution >= 0.6 is 11.6 Å². The Morgan fingerprint density at radius 3 is 2.45 bits per heavy atom. The normalized spacial score (nSPS) is 11.9. The van der Waals surface area contributed by atoms with Crippen molar-refractivity contribution in [3.63, 3.8) is 0 Å². The third kappa shape index (κ3) is 5.24. The second kappa shape index (κ2) is 9.22. The van der Waals surface area contributed by atoms with Crippen molar-refractivity contribution in [2.75, 3.05) is 6.61 Å². The molecule has 2 aromatic carbocycles. The van der Waals surface area contributed by atoms with Gasteiger partial charge in [0.05, 0.1) is 17.4 Å². The van der Waals surface area contributed by atoms with Gasteiger partial charge in [-0.2, -0.15) is 0 Å². The molecule has 0 saturated carbocycles. The molecule has 1 amide bonds. The smallest absolute Gasteiger partial charge is 0.339 e. The lowest BCUT2D eigenvalue weighted by molar-refractivity contribution is -0.308. The average molecular weight is 443 g/mol. The summed E-state index contributed by atoms with van der Waals surface area (Å²) in [7, 11) is 0. The number of carboxylic acids is 1. The third-order valence-electron chi connectivity index (χ3n) is 4.99. The number of aliphatic carboxylic acids is 1. The maximum atomic E-state index is 12.4. The predicted octanol–water partition coefficient (Wildman–Crippen LogP) is 2.23. The minimum atomic E-state index is -1.41. The number of hydrogen-bond acceptors (Lipinski definition) is 6. The summed E-state index contributed by atoms with van der Waals surface area (Å²) in [5.74, 6) is -1.65. The molecule has 0 saturated heterocycles. The first-order valence-electron chi connectivity index (χ1n) is 9.58. The fourth-order valence-electron chi connectivity index (χ4n) is 3.23. The van der Waals surface area contributed by atoms with Gasteiger partial charge >= 0.3 is 5.63 Å². The first kappa shape index (κ1) is 22.4. The Morgan fingerprint density at radius 2 is 1.81 bits per heavy atom. The number of hydrogen-bond donors (Lipinski definition) is 1. The van der Waals surface area contributed by atoms with E-state index in [1.54, 1.807) is 57.2 Å². The number of aryl methyl sites for hydroxylation is 2. The van der Waals surface area contributed by atoms with Crippen LogP contribution in [0.2, 0.25) is 5.02 Å². The SMILES string of the molecule is Cc1cc(OCC(=O)N[C@H](Cc2ccc(Cl)cc2)C(=O)[O-])c2c(C)c(C)c(=O)oc2c1. The Morgan fingerprint density at radius 1 is 1.13 bits per heavy atom. The highest BCUT2D eigenvalue weighted by Gasteiger charge is 2.17. The number of carboxylic acid groups (broad SMARTS) is 1. The quantitative estimate of drug-likeness (QED) is 0.562. The van der Waals surface area contributed by atoms with Gasteiger partial charge in [0.2, 0.25) is 0 Å². The van der Waals surface area contributed by atoms with Gasteiger partial charge in [-0.25, -0.2) is 4.79 Å². The van der Waals surface area contributed by atoms with Crippen LogP contribution in [0.25, 0.3) is 11.0 Å². The highest BCUT2D eigenvalue weighted by Crippen LogP contribution is 2.30. The second-order valence-electron chi connectivity index (χ2n) is 7.33. The van der Waals surface area contributed by atoms with Gasteiger partial charge in [0.15, 0.2) is 6.61 Å². The summed E-state index contributed by atoms with van der Waals surface area (Å²) >= 11 is 5.84. The lowest BCUT2D eigenvalue weighted by Crippen LogP contribution is -2.50. The average Bonchev–Trinajstić information content (AvgIpc) is 2.71. The van der Waals surface area contributed by atoms with Gasteiger partial charge in [-0.15, -0.1) is 0 Å². The molecule has 0 spiro atoms. The third-order valence-corrected chi connectivity index (χ3v) is 5.24. The molecule has 1 N–H and O–H groups in total. The van der Waals surface area contributed by atoms with Crippen LogP contribution in [0.5, 0.6) is 5.75 Å². The standard InChI is InChI=1S/C23H22ClNO6/c1-12-8-18(21-13(2)14(3)23(29)31-19(21)9-12)30-11-20(26)25-17(22(27)28)10-15-4-6-16(24)7-5-15/h4-9,17H,10-11H2,1-3H3,(H,25,26)(H,27,28)/p-1/t17-/m1/s1. The minimum absolute atomic E-state index is 0.0437. The van der Waals surface area contributed by atoms with Gasteiger partial charge in [-0.1, -0.05) is 23.7 Å². The molecule has 3 aromatic rings. The lowest BCUT2D eigenvalue weighted by atomic mass is 10.0. The molecular weight excluding hydrogens is 422 g/mol. The Kier molecular flexibility index (Phi) is 6.65. The van der Waals surface area contributed by atoms with E-state index >= 15 is 0 Å². The van der Waals surface area contributed by atoms with E-state index in [4.69, 9.17) is 20.8 Å². The summed E-state index contributed by atoms with van der Waals surface area (Å²) in [5, 5.41) is 15.0. The zero-order chi connectivity index (χ0) is 22.7. The van der Waals surface area contributed by atoms with Crippen LogP contribution in [0.4, 0.5) is 0 Å². The van der Waals surface area contributed by atoms with Crippen LogP contribution in [0.3, 0.4) is 0 Å². The molecule has 0 unspecified atom stereocenters. The summed E-state index contributed by atoms with van der Waals surface area (Å²) in [6.45, 7) is 4.81. The van der Waals surface area contributed by atoms with E-state index in [1.165, 1.54) is 0 Å². The van der Waals surface area contributed by atoms with Gasteiger partial charge in [0.25, 0.3) is 5.91 Å². The van der Waals surface area contributed by atoms with Crippen molar-refractivity contribution in [1.29, 1.82) is 0 Å². The molecule has 7 nitrogen and oxygen atoms in total. The maximum Gasteiger partial charge on any atom is 0.339 e. The molecule has 0 radical (unpaired) electrons. The first-order chi connectivity index (χ1) is 14.7. The fraction of sp³-hybridized carbons (Fsp3) is 0.261. The molecular formula is C23H21ClNO6-. The first-order valence-corrected chi connectivity index (χ1v) is 9.95. The van der Waals surface area contributed by atoms with Crippen molar-refractivity contribution in [2.24, 2.45) is 0 Å². The lowest BCUT2D eigenvalue weighted by Gasteiger charge is -2.20. The van der Waals surface area contributed by atoms with E-state index in [-0.39, 0.29) is 6.42 Å². The van der Waals surface area contributed by atoms with Crippen LogP contribution in [0.1, 0.15) is 22.3 Å². The number of ether oxygens (including phenoxy) is 1. The fourth-order valence-corrected chi connectivity index (χ4v) is 3.36. The van der Waals surface area contributed by atoms with E-state index in [2.05, 4.69) is 5.32 Å². The highest BCUT2D eigenvalue weighted by atomic mass is 35.5. The molecule has 8 heteroatoms. The van der Waals surface area contributed by atoms with Gasteiger partial charge in [0, 0.05) is 10.6 Å². The van der Waals surface area contributed by atoms with Gasteiger partial charge in [-0.3, -0.25) is 4.79 Å². The molecule has 0 aliphatic heterocycles. The van der Waals surface area contributed by atoms with Crippen LogP contribution in [0, 0.1) is 20.8 Å². The van der Waals surface area contributed by atoms with Crippen molar-refractivity contribution >= 4 is 34.4 Å². The Balaban J connectivity index is 1.75. The number of carbonyl (C=O) groups is 2. The summed E-state index contributed by atoms with van der Waals surface area (Å²) in [4.78, 5) is 35.8. The molecule has 0 bridgehead atoms. The zero-order valence-electron chi connectivity index (χ0n) is 17.3. The number of benzene rings is 2. The summed E-state index contributed by atoms with van der Waals surface area (Å²) in [6.07, 6.45) is 0.0437. The van der Waals surface area contributed by atoms with E-state index in [0.717, 1.165) is 5.56 Å². The largest absolute Gasteiger partial charge is 0.548 e. The molecule has 1 aromatic heterocycles. The monoisotopic (exact) mass is 442 g/mol. The van der Waals surface area contributed by atoms with E-state index in [0.29, 0.717) is 38.4 Å². The molecule has 1 heterocycles. The zero-order valence-corrected chi connectivity index (χ0v) is 18.0. The van der Waals surface area contributed by atoms with E-state index in [1.807, 2.05) is 0 Å². The van der Waals surface area contributed by atoms with Gasteiger partial charge < -0.3 is 24.4 Å². The number of carbonyl (C=O) groups excluding carboxylic acids is 2. The van der Waals surface area contributed by atoms with Crippen molar-refractivity contribution < 1.29 is 23.8 Å². The van der Waals surface area contributed by atoms with E-state index in [9.17, 15) is 19.5 Å². The summed E-state index contributed by atoms with van der Waals surface area (Å²) < 4.78 is 11.0. The summed E-state index contributed by atoms with van der Waals surface area (Å²) in [5.41, 5.74) is 2.54. The Labute approximate surface area is 183 Å². The van der Waals surface area contributed by atoms with Crippen molar-refractivity contribution in [1.82, 2.24) is 5.32 Å². The molecule has 0 aliphatic rings. The number of halogens is 1. The highest BCUT2D eigenvalue weighted by molar-refractivity contribution is 6.30. The molecule has 0 aliphatic carbocycles. The second-order valence-corrected chi connectivity index (χ2v) is 7.77. The molecule has 3 rings (SSSR count). The number of rotatable bonds is 7. The maximum absolute atomic E-state index is 12.4. The molecule has 162 valence electrons. The van der Waals surface area contributed by atoms with Crippen LogP contribution in [-0.4, -0.2) is 24.5 Å². The van der Waals surface area contributed by atoms with Crippen LogP contribution in [-0.2, 0) is 16.0 Å². The number of amides is 1. The molecule has 1 atom stereocenters. The van der Waals surface area contributed by atoms with Crippen LogP contribution < -0.4 is 20.8 Å². The number of nitrogens with one attached hydrogen (secondary N) is 1. The van der Waals surface area contributed by atoms with Crippen molar-refractivity contribution in [3.8, 4) is 5.75 Å². The van der Waals surface area contributed by atoms with Crippen molar-refractivity contribution in [3.05, 3.63) is 74.1 Å². The van der Waals surface area contributed by atoms with Gasteiger partial charge in [-0.05, 0) is 68.1 Å². The topological polar surface area (TPSA) is 109 Å². The molecule has 0 fully saturated rings. The van der Waals surface area contributed by atoms with Crippen LogP contribution in [0.15, 0.2) is 45.6 Å². The van der Waals surface area contributed by atoms with Crippen molar-refractivity contribution in [2.45, 2.75) is 33.2 Å².